The fraction of sp³-hybridized carbons (Fsp3) is 0.625. The first kappa shape index (κ1) is 7.32. The Kier molecular flexibility index (Phi) is 3.00. The molecule has 2 nitrogen and oxygen atoms in total. The highest BCUT2D eigenvalue weighted by Crippen LogP contribution is 2.06. The van der Waals surface area contributed by atoms with Gasteiger partial charge in [-0.25, -0.2) is 0 Å². The van der Waals surface area contributed by atoms with Crippen molar-refractivity contribution in [1.82, 2.24) is 5.43 Å². The SMILES string of the molecule is CC/C=C1\CCCC=NN1. The average molecular weight is 138 g/mol. The number of hydrazone groups is 1. The smallest absolute Gasteiger partial charge is 0.0296 e. The van der Waals surface area contributed by atoms with Gasteiger partial charge >= 0.3 is 0 Å². The topological polar surface area (TPSA) is 24.4 Å². The number of rotatable bonds is 1. The quantitative estimate of drug-likeness (QED) is 0.589. The third-order valence-electron chi connectivity index (χ3n) is 1.53. The Morgan fingerprint density at radius 1 is 1.80 bits per heavy atom. The number of hydrogen-bond donors (Lipinski definition) is 1. The third-order valence-corrected chi connectivity index (χ3v) is 1.53. The van der Waals surface area contributed by atoms with E-state index >= 15 is 0 Å². The molecular weight excluding hydrogens is 124 g/mol. The molecule has 0 saturated heterocycles. The molecule has 0 aromatic rings. The molecule has 0 amide bonds. The van der Waals surface area contributed by atoms with Crippen LogP contribution in [-0.2, 0) is 0 Å². The normalized spacial score (nSPS) is 22.3. The molecule has 0 bridgehead atoms. The predicted molar refractivity (Wildman–Crippen MR) is 43.9 cm³/mol. The Morgan fingerprint density at radius 2 is 2.70 bits per heavy atom. The van der Waals surface area contributed by atoms with Gasteiger partial charge in [-0.2, -0.15) is 5.10 Å². The minimum atomic E-state index is 1.10. The van der Waals surface area contributed by atoms with E-state index in [1.807, 2.05) is 6.21 Å². The maximum Gasteiger partial charge on any atom is 0.0296 e. The van der Waals surface area contributed by atoms with Gasteiger partial charge in [-0.15, -0.1) is 0 Å². The van der Waals surface area contributed by atoms with Gasteiger partial charge in [0, 0.05) is 11.9 Å². The molecule has 1 N–H and O–H groups in total. The number of nitrogens with one attached hydrogen (secondary N) is 1. The van der Waals surface area contributed by atoms with E-state index in [0.29, 0.717) is 0 Å². The average Bonchev–Trinajstić information content (AvgIpc) is 2.17. The second-order valence-corrected chi connectivity index (χ2v) is 2.45. The Bertz CT molecular complexity index is 147. The van der Waals surface area contributed by atoms with Crippen LogP contribution in [0.2, 0.25) is 0 Å². The lowest BCUT2D eigenvalue weighted by molar-refractivity contribution is 0.783. The molecule has 0 atom stereocenters. The molecule has 0 aromatic carbocycles. The van der Waals surface area contributed by atoms with Crippen molar-refractivity contribution in [2.24, 2.45) is 5.10 Å². The van der Waals surface area contributed by atoms with Gasteiger partial charge < -0.3 is 0 Å². The first-order valence-electron chi connectivity index (χ1n) is 3.90. The van der Waals surface area contributed by atoms with E-state index in [1.165, 1.54) is 12.1 Å². The lowest BCUT2D eigenvalue weighted by atomic mass is 10.2. The van der Waals surface area contributed by atoms with Crippen molar-refractivity contribution in [3.05, 3.63) is 11.8 Å². The zero-order chi connectivity index (χ0) is 7.23. The van der Waals surface area contributed by atoms with Gasteiger partial charge in [-0.1, -0.05) is 13.0 Å². The maximum atomic E-state index is 4.03. The van der Waals surface area contributed by atoms with Crippen molar-refractivity contribution in [3.63, 3.8) is 0 Å². The Labute approximate surface area is 62.0 Å². The van der Waals surface area contributed by atoms with Gasteiger partial charge in [0.2, 0.25) is 0 Å². The molecule has 1 rings (SSSR count). The number of allylic oxidation sites excluding steroid dienone is 2. The molecule has 0 aromatic heterocycles. The molecule has 0 radical (unpaired) electrons. The maximum absolute atomic E-state index is 4.03. The van der Waals surface area contributed by atoms with Gasteiger partial charge in [-0.3, -0.25) is 5.43 Å². The summed E-state index contributed by atoms with van der Waals surface area (Å²) in [6, 6.07) is 0. The molecule has 0 unspecified atom stereocenters. The lowest BCUT2D eigenvalue weighted by Gasteiger charge is -2.00. The van der Waals surface area contributed by atoms with Gasteiger partial charge in [0.05, 0.1) is 0 Å². The fourth-order valence-electron chi connectivity index (χ4n) is 1.03. The zero-order valence-corrected chi connectivity index (χ0v) is 6.43. The summed E-state index contributed by atoms with van der Waals surface area (Å²) < 4.78 is 0. The summed E-state index contributed by atoms with van der Waals surface area (Å²) in [7, 11) is 0. The molecule has 0 fully saturated rings. The van der Waals surface area contributed by atoms with E-state index in [0.717, 1.165) is 19.3 Å². The molecule has 56 valence electrons. The van der Waals surface area contributed by atoms with Crippen molar-refractivity contribution in [1.29, 1.82) is 0 Å². The number of nitrogens with zero attached hydrogens (tertiary/aromatic N) is 1. The molecule has 0 saturated carbocycles. The molecule has 1 aliphatic heterocycles. The Balaban J connectivity index is 2.44. The number of hydrogen-bond acceptors (Lipinski definition) is 2. The Morgan fingerprint density at radius 3 is 3.50 bits per heavy atom. The lowest BCUT2D eigenvalue weighted by Crippen LogP contribution is -2.02. The molecular formula is C8H14N2. The minimum Gasteiger partial charge on any atom is -0.283 e. The standard InChI is InChI=1S/C8H14N2/c1-2-5-8-6-3-4-7-9-10-8/h5,7,10H,2-4,6H2,1H3/b8-5+. The van der Waals surface area contributed by atoms with Crippen LogP contribution in [-0.4, -0.2) is 6.21 Å². The monoisotopic (exact) mass is 138 g/mol. The highest BCUT2D eigenvalue weighted by molar-refractivity contribution is 5.57. The second kappa shape index (κ2) is 4.09. The van der Waals surface area contributed by atoms with Crippen LogP contribution in [0.3, 0.4) is 0 Å². The highest BCUT2D eigenvalue weighted by atomic mass is 15.3. The van der Waals surface area contributed by atoms with Crippen LogP contribution in [0.4, 0.5) is 0 Å². The summed E-state index contributed by atoms with van der Waals surface area (Å²) in [4.78, 5) is 0. The third kappa shape index (κ3) is 2.21. The summed E-state index contributed by atoms with van der Waals surface area (Å²) in [6.45, 7) is 2.14. The molecule has 0 spiro atoms. The summed E-state index contributed by atoms with van der Waals surface area (Å²) in [5.41, 5.74) is 4.29. The highest BCUT2D eigenvalue weighted by Gasteiger charge is 1.96. The predicted octanol–water partition coefficient (Wildman–Crippen LogP) is 2.04. The largest absolute Gasteiger partial charge is 0.283 e. The van der Waals surface area contributed by atoms with Crippen molar-refractivity contribution in [2.75, 3.05) is 0 Å². The van der Waals surface area contributed by atoms with E-state index in [1.54, 1.807) is 0 Å². The first-order valence-corrected chi connectivity index (χ1v) is 3.90. The van der Waals surface area contributed by atoms with Crippen molar-refractivity contribution < 1.29 is 0 Å². The summed E-state index contributed by atoms with van der Waals surface area (Å²) in [5.74, 6) is 0. The van der Waals surface area contributed by atoms with Gasteiger partial charge in [0.15, 0.2) is 0 Å². The van der Waals surface area contributed by atoms with Gasteiger partial charge in [0.25, 0.3) is 0 Å². The summed E-state index contributed by atoms with van der Waals surface area (Å²) in [5, 5.41) is 4.03. The van der Waals surface area contributed by atoms with E-state index in [4.69, 9.17) is 0 Å². The van der Waals surface area contributed by atoms with Crippen molar-refractivity contribution >= 4 is 6.21 Å². The first-order chi connectivity index (χ1) is 4.93. The van der Waals surface area contributed by atoms with Gasteiger partial charge in [0.1, 0.15) is 0 Å². The molecule has 10 heavy (non-hydrogen) atoms. The Hall–Kier alpha value is -0.790. The van der Waals surface area contributed by atoms with Crippen LogP contribution in [0.5, 0.6) is 0 Å². The fourth-order valence-corrected chi connectivity index (χ4v) is 1.03. The second-order valence-electron chi connectivity index (χ2n) is 2.45. The molecule has 1 heterocycles. The summed E-state index contributed by atoms with van der Waals surface area (Å²) >= 11 is 0. The van der Waals surface area contributed by atoms with Crippen LogP contribution >= 0.6 is 0 Å². The zero-order valence-electron chi connectivity index (χ0n) is 6.43. The molecule has 0 aliphatic carbocycles. The van der Waals surface area contributed by atoms with E-state index in [2.05, 4.69) is 23.5 Å². The van der Waals surface area contributed by atoms with E-state index < -0.39 is 0 Å². The van der Waals surface area contributed by atoms with E-state index in [9.17, 15) is 0 Å². The van der Waals surface area contributed by atoms with Crippen LogP contribution < -0.4 is 5.43 Å². The van der Waals surface area contributed by atoms with Crippen molar-refractivity contribution in [3.8, 4) is 0 Å². The molecule has 2 heteroatoms. The van der Waals surface area contributed by atoms with Crippen LogP contribution in [0.25, 0.3) is 0 Å². The van der Waals surface area contributed by atoms with Gasteiger partial charge in [-0.05, 0) is 25.7 Å². The minimum absolute atomic E-state index is 1.10. The van der Waals surface area contributed by atoms with E-state index in [-0.39, 0.29) is 0 Å². The van der Waals surface area contributed by atoms with Crippen LogP contribution in [0.1, 0.15) is 32.6 Å². The van der Waals surface area contributed by atoms with Crippen LogP contribution in [0, 0.1) is 0 Å². The van der Waals surface area contributed by atoms with Crippen molar-refractivity contribution in [2.45, 2.75) is 32.6 Å². The summed E-state index contributed by atoms with van der Waals surface area (Å²) in [6.07, 6.45) is 8.71. The van der Waals surface area contributed by atoms with Crippen LogP contribution in [0.15, 0.2) is 16.9 Å². The molecule has 1 aliphatic rings.